The van der Waals surface area contributed by atoms with E-state index in [9.17, 15) is 22.8 Å². The standard InChI is InChI=1S/C19H17F3N4O2/c1-11-5-6-14(8-16(11)18(28)26-15(9-23)10-24)25-17(27)12-3-2-4-13(7-12)19(20,21)22/h2-10,23H,24H2,1H3,(H,25,27)(H,26,28)/b15-10+,23-9?. The largest absolute Gasteiger partial charge is 0.416 e. The van der Waals surface area contributed by atoms with Crippen LogP contribution >= 0.6 is 0 Å². The fourth-order valence-corrected chi connectivity index (χ4v) is 2.31. The van der Waals surface area contributed by atoms with Crippen LogP contribution in [0.4, 0.5) is 18.9 Å². The molecule has 2 aromatic carbocycles. The monoisotopic (exact) mass is 390 g/mol. The van der Waals surface area contributed by atoms with Crippen molar-refractivity contribution >= 4 is 23.7 Å². The molecule has 28 heavy (non-hydrogen) atoms. The molecule has 0 radical (unpaired) electrons. The molecule has 146 valence electrons. The molecule has 0 spiro atoms. The van der Waals surface area contributed by atoms with Gasteiger partial charge < -0.3 is 21.8 Å². The molecule has 0 aliphatic rings. The van der Waals surface area contributed by atoms with Crippen molar-refractivity contribution in [3.05, 3.63) is 76.6 Å². The van der Waals surface area contributed by atoms with Gasteiger partial charge in [-0.2, -0.15) is 13.2 Å². The number of carbonyl (C=O) groups excluding carboxylic acids is 2. The number of alkyl halides is 3. The Hall–Kier alpha value is -3.62. The Balaban J connectivity index is 2.24. The summed E-state index contributed by atoms with van der Waals surface area (Å²) < 4.78 is 38.4. The van der Waals surface area contributed by atoms with E-state index < -0.39 is 23.6 Å². The minimum atomic E-state index is -4.56. The van der Waals surface area contributed by atoms with Gasteiger partial charge in [-0.25, -0.2) is 0 Å². The van der Waals surface area contributed by atoms with Crippen molar-refractivity contribution < 1.29 is 22.8 Å². The molecule has 5 N–H and O–H groups in total. The summed E-state index contributed by atoms with van der Waals surface area (Å²) in [5.74, 6) is -1.30. The lowest BCUT2D eigenvalue weighted by Crippen LogP contribution is -2.25. The molecule has 0 unspecified atom stereocenters. The number of anilines is 1. The van der Waals surface area contributed by atoms with Crippen LogP contribution in [0, 0.1) is 12.3 Å². The molecular weight excluding hydrogens is 373 g/mol. The molecule has 0 saturated carbocycles. The molecule has 0 aliphatic carbocycles. The van der Waals surface area contributed by atoms with Gasteiger partial charge in [0.1, 0.15) is 0 Å². The van der Waals surface area contributed by atoms with E-state index in [4.69, 9.17) is 11.1 Å². The Morgan fingerprint density at radius 3 is 2.43 bits per heavy atom. The van der Waals surface area contributed by atoms with Crippen LogP contribution in [0.2, 0.25) is 0 Å². The average Bonchev–Trinajstić information content (AvgIpc) is 2.66. The SMILES string of the molecule is Cc1ccc(NC(=O)c2cccc(C(F)(F)F)c2)cc1C(=O)N/C(C=N)=C/N. The Labute approximate surface area is 158 Å². The maximum atomic E-state index is 12.8. The van der Waals surface area contributed by atoms with Crippen molar-refractivity contribution in [3.63, 3.8) is 0 Å². The predicted octanol–water partition coefficient (Wildman–Crippen LogP) is 3.45. The summed E-state index contributed by atoms with van der Waals surface area (Å²) in [6.07, 6.45) is -2.64. The van der Waals surface area contributed by atoms with Crippen LogP contribution in [-0.2, 0) is 6.18 Å². The summed E-state index contributed by atoms with van der Waals surface area (Å²) in [6, 6.07) is 8.50. The van der Waals surface area contributed by atoms with Crippen LogP contribution in [0.3, 0.4) is 0 Å². The third-order valence-electron chi connectivity index (χ3n) is 3.79. The molecule has 0 aromatic heterocycles. The summed E-state index contributed by atoms with van der Waals surface area (Å²) in [4.78, 5) is 24.6. The van der Waals surface area contributed by atoms with Gasteiger partial charge in [-0.3, -0.25) is 9.59 Å². The molecule has 9 heteroatoms. The molecule has 0 bridgehead atoms. The van der Waals surface area contributed by atoms with Gasteiger partial charge >= 0.3 is 6.18 Å². The molecular formula is C19H17F3N4O2. The minimum absolute atomic E-state index is 0.0859. The normalized spacial score (nSPS) is 11.6. The third kappa shape index (κ3) is 4.97. The van der Waals surface area contributed by atoms with Crippen molar-refractivity contribution in [2.45, 2.75) is 13.1 Å². The molecule has 0 aliphatic heterocycles. The van der Waals surface area contributed by atoms with Gasteiger partial charge in [0.15, 0.2) is 0 Å². The molecule has 2 rings (SSSR count). The van der Waals surface area contributed by atoms with E-state index in [1.54, 1.807) is 13.0 Å². The van der Waals surface area contributed by atoms with E-state index in [0.717, 1.165) is 30.6 Å². The second kappa shape index (κ2) is 8.38. The zero-order valence-corrected chi connectivity index (χ0v) is 14.7. The van der Waals surface area contributed by atoms with Crippen LogP contribution in [0.25, 0.3) is 0 Å². The second-order valence-electron chi connectivity index (χ2n) is 5.78. The summed E-state index contributed by atoms with van der Waals surface area (Å²) in [5, 5.41) is 12.0. The molecule has 2 aromatic rings. The summed E-state index contributed by atoms with van der Waals surface area (Å²) >= 11 is 0. The zero-order chi connectivity index (χ0) is 20.9. The summed E-state index contributed by atoms with van der Waals surface area (Å²) in [7, 11) is 0. The fraction of sp³-hybridized carbons (Fsp3) is 0.105. The van der Waals surface area contributed by atoms with Gasteiger partial charge in [0.05, 0.1) is 11.3 Å². The molecule has 6 nitrogen and oxygen atoms in total. The quantitative estimate of drug-likeness (QED) is 0.587. The molecule has 0 fully saturated rings. The van der Waals surface area contributed by atoms with Crippen molar-refractivity contribution in [2.75, 3.05) is 5.32 Å². The Morgan fingerprint density at radius 1 is 1.11 bits per heavy atom. The van der Waals surface area contributed by atoms with Gasteiger partial charge in [0.2, 0.25) is 0 Å². The Morgan fingerprint density at radius 2 is 1.82 bits per heavy atom. The number of allylic oxidation sites excluding steroid dienone is 1. The fourth-order valence-electron chi connectivity index (χ4n) is 2.31. The average molecular weight is 390 g/mol. The molecule has 0 heterocycles. The van der Waals surface area contributed by atoms with E-state index in [2.05, 4.69) is 10.6 Å². The number of carbonyl (C=O) groups is 2. The minimum Gasteiger partial charge on any atom is -0.403 e. The number of halogens is 3. The highest BCUT2D eigenvalue weighted by Gasteiger charge is 2.30. The van der Waals surface area contributed by atoms with E-state index in [1.807, 2.05) is 0 Å². The first kappa shape index (κ1) is 20.7. The van der Waals surface area contributed by atoms with Crippen molar-refractivity contribution in [1.82, 2.24) is 5.32 Å². The maximum absolute atomic E-state index is 12.8. The topological polar surface area (TPSA) is 108 Å². The predicted molar refractivity (Wildman–Crippen MR) is 99.1 cm³/mol. The lowest BCUT2D eigenvalue weighted by Gasteiger charge is -2.12. The number of benzene rings is 2. The number of rotatable bonds is 5. The first-order valence-electron chi connectivity index (χ1n) is 7.98. The van der Waals surface area contributed by atoms with Gasteiger partial charge in [-0.15, -0.1) is 0 Å². The number of hydrogen-bond acceptors (Lipinski definition) is 4. The van der Waals surface area contributed by atoms with E-state index in [1.165, 1.54) is 18.2 Å². The third-order valence-corrected chi connectivity index (χ3v) is 3.79. The van der Waals surface area contributed by atoms with Gasteiger partial charge in [-0.05, 0) is 42.8 Å². The molecule has 2 amide bonds. The van der Waals surface area contributed by atoms with Crippen molar-refractivity contribution in [3.8, 4) is 0 Å². The smallest absolute Gasteiger partial charge is 0.403 e. The highest BCUT2D eigenvalue weighted by atomic mass is 19.4. The number of nitrogens with two attached hydrogens (primary N) is 1. The first-order chi connectivity index (χ1) is 13.2. The Kier molecular flexibility index (Phi) is 6.19. The maximum Gasteiger partial charge on any atom is 0.416 e. The number of amides is 2. The van der Waals surface area contributed by atoms with Crippen molar-refractivity contribution in [1.29, 1.82) is 5.41 Å². The van der Waals surface area contributed by atoms with Crippen LogP contribution in [0.15, 0.2) is 54.4 Å². The lowest BCUT2D eigenvalue weighted by atomic mass is 10.1. The summed E-state index contributed by atoms with van der Waals surface area (Å²) in [6.45, 7) is 1.67. The van der Waals surface area contributed by atoms with Gasteiger partial charge in [0.25, 0.3) is 11.8 Å². The van der Waals surface area contributed by atoms with Crippen LogP contribution < -0.4 is 16.4 Å². The molecule has 0 saturated heterocycles. The van der Waals surface area contributed by atoms with Crippen molar-refractivity contribution in [2.24, 2.45) is 5.73 Å². The van der Waals surface area contributed by atoms with Crippen LogP contribution in [-0.4, -0.2) is 18.0 Å². The highest BCUT2D eigenvalue weighted by Crippen LogP contribution is 2.29. The van der Waals surface area contributed by atoms with E-state index in [0.29, 0.717) is 5.56 Å². The van der Waals surface area contributed by atoms with E-state index in [-0.39, 0.29) is 22.5 Å². The zero-order valence-electron chi connectivity index (χ0n) is 14.7. The van der Waals surface area contributed by atoms with E-state index >= 15 is 0 Å². The lowest BCUT2D eigenvalue weighted by molar-refractivity contribution is -0.137. The van der Waals surface area contributed by atoms with Gasteiger partial charge in [0, 0.05) is 29.2 Å². The number of aryl methyl sites for hydroxylation is 1. The second-order valence-corrected chi connectivity index (χ2v) is 5.78. The molecule has 0 atom stereocenters. The Bertz CT molecular complexity index is 952. The number of hydrogen-bond donors (Lipinski definition) is 4. The summed E-state index contributed by atoms with van der Waals surface area (Å²) in [5.41, 5.74) is 5.30. The van der Waals surface area contributed by atoms with Crippen LogP contribution in [0.1, 0.15) is 31.8 Å². The van der Waals surface area contributed by atoms with Crippen LogP contribution in [0.5, 0.6) is 0 Å². The van der Waals surface area contributed by atoms with Gasteiger partial charge in [-0.1, -0.05) is 12.1 Å². The highest BCUT2D eigenvalue weighted by molar-refractivity contribution is 6.06. The number of nitrogens with one attached hydrogen (secondary N) is 3. The first-order valence-corrected chi connectivity index (χ1v) is 7.98.